The summed E-state index contributed by atoms with van der Waals surface area (Å²) >= 11 is 12.2. The molecule has 0 saturated heterocycles. The molecule has 1 atom stereocenters. The average Bonchev–Trinajstić information content (AvgIpc) is 2.27. The monoisotopic (exact) mass is 273 g/mol. The first-order chi connectivity index (χ1) is 8.08. The number of nitrogens with two attached hydrogens (primary N) is 1. The van der Waals surface area contributed by atoms with Crippen LogP contribution in [0.4, 0.5) is 0 Å². The summed E-state index contributed by atoms with van der Waals surface area (Å²) < 4.78 is 5.58. The van der Waals surface area contributed by atoms with E-state index in [2.05, 4.69) is 0 Å². The number of ether oxygens (including phenoxy) is 1. The zero-order chi connectivity index (χ0) is 12.5. The van der Waals surface area contributed by atoms with Crippen LogP contribution in [-0.4, -0.2) is 12.7 Å². The minimum absolute atomic E-state index is 0.0505. The van der Waals surface area contributed by atoms with Crippen LogP contribution in [0.3, 0.4) is 0 Å². The van der Waals surface area contributed by atoms with Gasteiger partial charge >= 0.3 is 0 Å². The highest BCUT2D eigenvalue weighted by molar-refractivity contribution is 6.42. The summed E-state index contributed by atoms with van der Waals surface area (Å²) in [7, 11) is 1.76. The SMILES string of the molecule is COC1(CC(N)c2cccc(Cl)c2Cl)CCC1. The molecule has 0 radical (unpaired) electrons. The Labute approximate surface area is 112 Å². The van der Waals surface area contributed by atoms with Gasteiger partial charge in [-0.1, -0.05) is 35.3 Å². The molecule has 1 aromatic carbocycles. The summed E-state index contributed by atoms with van der Waals surface area (Å²) in [6.45, 7) is 0. The van der Waals surface area contributed by atoms with Crippen LogP contribution in [0, 0.1) is 0 Å². The third-order valence-electron chi connectivity index (χ3n) is 3.67. The van der Waals surface area contributed by atoms with Gasteiger partial charge < -0.3 is 10.5 Å². The van der Waals surface area contributed by atoms with Crippen molar-refractivity contribution in [3.05, 3.63) is 33.8 Å². The largest absolute Gasteiger partial charge is 0.378 e. The molecule has 0 bridgehead atoms. The van der Waals surface area contributed by atoms with Crippen LogP contribution in [0.15, 0.2) is 18.2 Å². The zero-order valence-corrected chi connectivity index (χ0v) is 11.4. The molecular formula is C13H17Cl2NO. The second-order valence-corrected chi connectivity index (χ2v) is 5.48. The Balaban J connectivity index is 2.14. The third kappa shape index (κ3) is 2.60. The highest BCUT2D eigenvalue weighted by atomic mass is 35.5. The van der Waals surface area contributed by atoms with Crippen molar-refractivity contribution in [3.8, 4) is 0 Å². The predicted molar refractivity (Wildman–Crippen MR) is 71.6 cm³/mol. The summed E-state index contributed by atoms with van der Waals surface area (Å²) in [5.74, 6) is 0. The van der Waals surface area contributed by atoms with Gasteiger partial charge in [-0.15, -0.1) is 0 Å². The molecule has 1 aromatic rings. The van der Waals surface area contributed by atoms with Crippen molar-refractivity contribution in [1.29, 1.82) is 0 Å². The number of hydrogen-bond donors (Lipinski definition) is 1. The Morgan fingerprint density at radius 3 is 2.65 bits per heavy atom. The van der Waals surface area contributed by atoms with E-state index < -0.39 is 0 Å². The molecule has 1 fully saturated rings. The van der Waals surface area contributed by atoms with Gasteiger partial charge in [-0.25, -0.2) is 0 Å². The van der Waals surface area contributed by atoms with Crippen molar-refractivity contribution in [2.24, 2.45) is 5.73 Å². The first-order valence-electron chi connectivity index (χ1n) is 5.83. The second-order valence-electron chi connectivity index (χ2n) is 4.69. The van der Waals surface area contributed by atoms with Crippen molar-refractivity contribution < 1.29 is 4.74 Å². The summed E-state index contributed by atoms with van der Waals surface area (Å²) in [4.78, 5) is 0. The molecule has 0 heterocycles. The van der Waals surface area contributed by atoms with Gasteiger partial charge in [0.15, 0.2) is 0 Å². The molecule has 2 N–H and O–H groups in total. The minimum Gasteiger partial charge on any atom is -0.378 e. The number of benzene rings is 1. The van der Waals surface area contributed by atoms with Crippen LogP contribution in [0.5, 0.6) is 0 Å². The molecule has 1 aliphatic rings. The van der Waals surface area contributed by atoms with Gasteiger partial charge in [-0.2, -0.15) is 0 Å². The van der Waals surface area contributed by atoms with Gasteiger partial charge in [-0.05, 0) is 37.3 Å². The van der Waals surface area contributed by atoms with Crippen molar-refractivity contribution in [2.75, 3.05) is 7.11 Å². The third-order valence-corrected chi connectivity index (χ3v) is 4.50. The Morgan fingerprint density at radius 2 is 2.12 bits per heavy atom. The quantitative estimate of drug-likeness (QED) is 0.902. The van der Waals surface area contributed by atoms with Gasteiger partial charge in [0.25, 0.3) is 0 Å². The minimum atomic E-state index is -0.124. The average molecular weight is 274 g/mol. The first kappa shape index (κ1) is 13.2. The fourth-order valence-electron chi connectivity index (χ4n) is 2.38. The molecule has 0 aliphatic heterocycles. The van der Waals surface area contributed by atoms with E-state index in [0.29, 0.717) is 10.0 Å². The highest BCUT2D eigenvalue weighted by Gasteiger charge is 2.38. The van der Waals surface area contributed by atoms with Crippen LogP contribution in [0.25, 0.3) is 0 Å². The molecule has 94 valence electrons. The maximum absolute atomic E-state index is 6.21. The fourth-order valence-corrected chi connectivity index (χ4v) is 2.83. The van der Waals surface area contributed by atoms with Gasteiger partial charge in [0.2, 0.25) is 0 Å². The standard InChI is InChI=1S/C13H17Cl2NO/c1-17-13(6-3-7-13)8-11(16)9-4-2-5-10(14)12(9)15/h2,4-5,11H,3,6-8,16H2,1H3. The summed E-state index contributed by atoms with van der Waals surface area (Å²) in [5, 5.41) is 1.12. The van der Waals surface area contributed by atoms with E-state index in [4.69, 9.17) is 33.7 Å². The van der Waals surface area contributed by atoms with E-state index in [1.54, 1.807) is 13.2 Å². The highest BCUT2D eigenvalue weighted by Crippen LogP contribution is 2.42. The van der Waals surface area contributed by atoms with E-state index in [0.717, 1.165) is 24.8 Å². The molecule has 2 rings (SSSR count). The lowest BCUT2D eigenvalue weighted by Gasteiger charge is -2.42. The second kappa shape index (κ2) is 5.15. The van der Waals surface area contributed by atoms with Crippen LogP contribution in [0.1, 0.15) is 37.3 Å². The first-order valence-corrected chi connectivity index (χ1v) is 6.58. The molecule has 4 heteroatoms. The summed E-state index contributed by atoms with van der Waals surface area (Å²) in [5.41, 5.74) is 7.07. The Hall–Kier alpha value is -0.280. The molecule has 17 heavy (non-hydrogen) atoms. The lowest BCUT2D eigenvalue weighted by atomic mass is 9.75. The van der Waals surface area contributed by atoms with Gasteiger partial charge in [-0.3, -0.25) is 0 Å². The van der Waals surface area contributed by atoms with Crippen molar-refractivity contribution in [1.82, 2.24) is 0 Å². The summed E-state index contributed by atoms with van der Waals surface area (Å²) in [6, 6.07) is 5.46. The lowest BCUT2D eigenvalue weighted by molar-refractivity contribution is -0.0816. The number of halogens is 2. The molecule has 1 unspecified atom stereocenters. The van der Waals surface area contributed by atoms with Crippen LogP contribution in [-0.2, 0) is 4.74 Å². The van der Waals surface area contributed by atoms with Crippen molar-refractivity contribution in [3.63, 3.8) is 0 Å². The van der Waals surface area contributed by atoms with Crippen LogP contribution < -0.4 is 5.73 Å². The van der Waals surface area contributed by atoms with E-state index in [9.17, 15) is 0 Å². The molecule has 2 nitrogen and oxygen atoms in total. The molecule has 1 aliphatic carbocycles. The van der Waals surface area contributed by atoms with Gasteiger partial charge in [0.05, 0.1) is 15.6 Å². The van der Waals surface area contributed by atoms with E-state index in [1.165, 1.54) is 6.42 Å². The molecule has 1 saturated carbocycles. The van der Waals surface area contributed by atoms with Crippen LogP contribution in [0.2, 0.25) is 10.0 Å². The van der Waals surface area contributed by atoms with E-state index in [1.807, 2.05) is 12.1 Å². The zero-order valence-electron chi connectivity index (χ0n) is 9.88. The molecule has 0 spiro atoms. The smallest absolute Gasteiger partial charge is 0.0696 e. The Morgan fingerprint density at radius 1 is 1.41 bits per heavy atom. The maximum atomic E-state index is 6.21. The van der Waals surface area contributed by atoms with Crippen molar-refractivity contribution in [2.45, 2.75) is 37.3 Å². The van der Waals surface area contributed by atoms with E-state index in [-0.39, 0.29) is 11.6 Å². The van der Waals surface area contributed by atoms with E-state index >= 15 is 0 Å². The lowest BCUT2D eigenvalue weighted by Crippen LogP contribution is -2.41. The predicted octanol–water partition coefficient (Wildman–Crippen LogP) is 3.95. The summed E-state index contributed by atoms with van der Waals surface area (Å²) in [6.07, 6.45) is 4.16. The fraction of sp³-hybridized carbons (Fsp3) is 0.538. The number of methoxy groups -OCH3 is 1. The number of hydrogen-bond acceptors (Lipinski definition) is 2. The van der Waals surface area contributed by atoms with Gasteiger partial charge in [0.1, 0.15) is 0 Å². The maximum Gasteiger partial charge on any atom is 0.0696 e. The molecule has 0 amide bonds. The van der Waals surface area contributed by atoms with Crippen LogP contribution >= 0.6 is 23.2 Å². The Bertz CT molecular complexity index is 399. The normalized spacial score (nSPS) is 19.8. The number of rotatable bonds is 4. The van der Waals surface area contributed by atoms with Gasteiger partial charge in [0, 0.05) is 13.2 Å². The van der Waals surface area contributed by atoms with Crippen molar-refractivity contribution >= 4 is 23.2 Å². The topological polar surface area (TPSA) is 35.2 Å². The molecule has 0 aromatic heterocycles. The molecular weight excluding hydrogens is 257 g/mol. The Kier molecular flexibility index (Phi) is 3.99.